The molecule has 1 aromatic heterocycles. The van der Waals surface area contributed by atoms with Crippen molar-refractivity contribution in [2.75, 3.05) is 0 Å². The van der Waals surface area contributed by atoms with E-state index >= 15 is 0 Å². The Morgan fingerprint density at radius 3 is 2.43 bits per heavy atom. The van der Waals surface area contributed by atoms with Crippen LogP contribution < -0.4 is 5.32 Å². The molecule has 114 valence electrons. The third kappa shape index (κ3) is 3.96. The molecule has 23 heavy (non-hydrogen) atoms. The second kappa shape index (κ2) is 7.07. The van der Waals surface area contributed by atoms with Crippen LogP contribution in [0.2, 0.25) is 5.02 Å². The molecule has 0 bridgehead atoms. The van der Waals surface area contributed by atoms with Gasteiger partial charge in [-0.15, -0.1) is 0 Å². The Balaban J connectivity index is 1.74. The summed E-state index contributed by atoms with van der Waals surface area (Å²) in [6, 6.07) is 18.9. The zero-order chi connectivity index (χ0) is 16.1. The second-order valence-corrected chi connectivity index (χ2v) is 5.56. The molecule has 0 saturated heterocycles. The summed E-state index contributed by atoms with van der Waals surface area (Å²) in [4.78, 5) is 16.3. The van der Waals surface area contributed by atoms with E-state index in [1.165, 1.54) is 0 Å². The van der Waals surface area contributed by atoms with Crippen LogP contribution in [0.4, 0.5) is 0 Å². The molecule has 0 spiro atoms. The van der Waals surface area contributed by atoms with Crippen LogP contribution in [0.15, 0.2) is 73.1 Å². The number of rotatable bonds is 4. The van der Waals surface area contributed by atoms with Crippen molar-refractivity contribution in [3.63, 3.8) is 0 Å². The van der Waals surface area contributed by atoms with Gasteiger partial charge in [0.05, 0.1) is 0 Å². The Kier molecular flexibility index (Phi) is 4.69. The maximum atomic E-state index is 12.3. The number of hydrogen-bond donors (Lipinski definition) is 1. The zero-order valence-electron chi connectivity index (χ0n) is 12.4. The predicted molar refractivity (Wildman–Crippen MR) is 92.3 cm³/mol. The lowest BCUT2D eigenvalue weighted by Gasteiger charge is -2.07. The second-order valence-electron chi connectivity index (χ2n) is 5.13. The SMILES string of the molecule is O=C(NCc1ccncc1)c1cccc(-c2ccc(Cl)cc2)c1. The number of nitrogens with one attached hydrogen (secondary N) is 1. The van der Waals surface area contributed by atoms with Crippen molar-refractivity contribution in [3.8, 4) is 11.1 Å². The van der Waals surface area contributed by atoms with Gasteiger partial charge in [-0.25, -0.2) is 0 Å². The molecule has 0 aliphatic rings. The third-order valence-corrected chi connectivity index (χ3v) is 3.76. The molecule has 0 aliphatic carbocycles. The van der Waals surface area contributed by atoms with Crippen molar-refractivity contribution in [1.29, 1.82) is 0 Å². The van der Waals surface area contributed by atoms with Gasteiger partial charge in [0.2, 0.25) is 0 Å². The summed E-state index contributed by atoms with van der Waals surface area (Å²) in [5.41, 5.74) is 3.66. The van der Waals surface area contributed by atoms with E-state index in [4.69, 9.17) is 11.6 Å². The van der Waals surface area contributed by atoms with Crippen molar-refractivity contribution in [2.45, 2.75) is 6.54 Å². The molecule has 1 amide bonds. The van der Waals surface area contributed by atoms with Gasteiger partial charge in [0.25, 0.3) is 5.91 Å². The normalized spacial score (nSPS) is 10.3. The van der Waals surface area contributed by atoms with Crippen LogP contribution >= 0.6 is 11.6 Å². The lowest BCUT2D eigenvalue weighted by atomic mass is 10.0. The summed E-state index contributed by atoms with van der Waals surface area (Å²) < 4.78 is 0. The molecule has 0 saturated carbocycles. The highest BCUT2D eigenvalue weighted by Gasteiger charge is 2.07. The zero-order valence-corrected chi connectivity index (χ0v) is 13.1. The number of carbonyl (C=O) groups excluding carboxylic acids is 1. The Hall–Kier alpha value is -2.65. The highest BCUT2D eigenvalue weighted by atomic mass is 35.5. The molecule has 3 rings (SSSR count). The van der Waals surface area contributed by atoms with Gasteiger partial charge in [-0.1, -0.05) is 35.9 Å². The van der Waals surface area contributed by atoms with Crippen LogP contribution in [0.1, 0.15) is 15.9 Å². The average Bonchev–Trinajstić information content (AvgIpc) is 2.61. The lowest BCUT2D eigenvalue weighted by Crippen LogP contribution is -2.22. The number of carbonyl (C=O) groups is 1. The van der Waals surface area contributed by atoms with Crippen LogP contribution in [-0.4, -0.2) is 10.9 Å². The van der Waals surface area contributed by atoms with Gasteiger partial charge >= 0.3 is 0 Å². The van der Waals surface area contributed by atoms with Gasteiger partial charge in [-0.3, -0.25) is 9.78 Å². The number of aromatic nitrogens is 1. The topological polar surface area (TPSA) is 42.0 Å². The van der Waals surface area contributed by atoms with Gasteiger partial charge in [0, 0.05) is 29.5 Å². The summed E-state index contributed by atoms with van der Waals surface area (Å²) in [5, 5.41) is 3.61. The van der Waals surface area contributed by atoms with E-state index in [1.54, 1.807) is 18.5 Å². The highest BCUT2D eigenvalue weighted by Crippen LogP contribution is 2.22. The summed E-state index contributed by atoms with van der Waals surface area (Å²) in [6.07, 6.45) is 3.42. The highest BCUT2D eigenvalue weighted by molar-refractivity contribution is 6.30. The molecule has 0 aliphatic heterocycles. The molecule has 2 aromatic carbocycles. The van der Waals surface area contributed by atoms with Crippen LogP contribution in [0.25, 0.3) is 11.1 Å². The molecule has 0 unspecified atom stereocenters. The Morgan fingerprint density at radius 1 is 0.957 bits per heavy atom. The van der Waals surface area contributed by atoms with Gasteiger partial charge in [0.15, 0.2) is 0 Å². The first kappa shape index (κ1) is 15.3. The van der Waals surface area contributed by atoms with Gasteiger partial charge in [0.1, 0.15) is 0 Å². The summed E-state index contributed by atoms with van der Waals surface area (Å²) in [5.74, 6) is -0.0994. The minimum Gasteiger partial charge on any atom is -0.348 e. The van der Waals surface area contributed by atoms with Crippen LogP contribution in [-0.2, 0) is 6.54 Å². The fourth-order valence-corrected chi connectivity index (χ4v) is 2.39. The quantitative estimate of drug-likeness (QED) is 0.776. The van der Waals surface area contributed by atoms with Crippen LogP contribution in [0.5, 0.6) is 0 Å². The molecule has 3 aromatic rings. The maximum absolute atomic E-state index is 12.3. The van der Waals surface area contributed by atoms with E-state index in [1.807, 2.05) is 54.6 Å². The van der Waals surface area contributed by atoms with E-state index in [0.29, 0.717) is 17.1 Å². The molecule has 0 fully saturated rings. The monoisotopic (exact) mass is 322 g/mol. The Labute approximate surface area is 140 Å². The largest absolute Gasteiger partial charge is 0.348 e. The van der Waals surface area contributed by atoms with E-state index in [-0.39, 0.29) is 5.91 Å². The van der Waals surface area contributed by atoms with Crippen molar-refractivity contribution in [3.05, 3.63) is 89.2 Å². The number of benzene rings is 2. The summed E-state index contributed by atoms with van der Waals surface area (Å²) in [6.45, 7) is 0.479. The first-order valence-corrected chi connectivity index (χ1v) is 7.63. The molecule has 3 nitrogen and oxygen atoms in total. The molecular weight excluding hydrogens is 308 g/mol. The molecule has 1 N–H and O–H groups in total. The minimum absolute atomic E-state index is 0.0994. The lowest BCUT2D eigenvalue weighted by molar-refractivity contribution is 0.0951. The van der Waals surface area contributed by atoms with Crippen molar-refractivity contribution < 1.29 is 4.79 Å². The average molecular weight is 323 g/mol. The van der Waals surface area contributed by atoms with Crippen molar-refractivity contribution in [2.24, 2.45) is 0 Å². The van der Waals surface area contributed by atoms with Crippen molar-refractivity contribution >= 4 is 17.5 Å². The van der Waals surface area contributed by atoms with Gasteiger partial charge < -0.3 is 5.32 Å². The fourth-order valence-electron chi connectivity index (χ4n) is 2.27. The van der Waals surface area contributed by atoms with Gasteiger partial charge in [-0.05, 0) is 53.1 Å². The first-order chi connectivity index (χ1) is 11.2. The molecular formula is C19H15ClN2O. The third-order valence-electron chi connectivity index (χ3n) is 3.50. The molecule has 0 atom stereocenters. The van der Waals surface area contributed by atoms with Crippen LogP contribution in [0, 0.1) is 0 Å². The first-order valence-electron chi connectivity index (χ1n) is 7.25. The van der Waals surface area contributed by atoms with E-state index in [2.05, 4.69) is 10.3 Å². The predicted octanol–water partition coefficient (Wildman–Crippen LogP) is 4.33. The van der Waals surface area contributed by atoms with Crippen molar-refractivity contribution in [1.82, 2.24) is 10.3 Å². The smallest absolute Gasteiger partial charge is 0.251 e. The maximum Gasteiger partial charge on any atom is 0.251 e. The number of pyridine rings is 1. The number of nitrogens with zero attached hydrogens (tertiary/aromatic N) is 1. The number of hydrogen-bond acceptors (Lipinski definition) is 2. The molecule has 4 heteroatoms. The van der Waals surface area contributed by atoms with E-state index in [9.17, 15) is 4.79 Å². The molecule has 1 heterocycles. The Morgan fingerprint density at radius 2 is 1.70 bits per heavy atom. The minimum atomic E-state index is -0.0994. The van der Waals surface area contributed by atoms with Gasteiger partial charge in [-0.2, -0.15) is 0 Å². The summed E-state index contributed by atoms with van der Waals surface area (Å²) >= 11 is 5.91. The van der Waals surface area contributed by atoms with E-state index in [0.717, 1.165) is 16.7 Å². The number of amides is 1. The molecule has 0 radical (unpaired) electrons. The van der Waals surface area contributed by atoms with E-state index < -0.39 is 0 Å². The Bertz CT molecular complexity index is 801. The van der Waals surface area contributed by atoms with Crippen LogP contribution in [0.3, 0.4) is 0 Å². The fraction of sp³-hybridized carbons (Fsp3) is 0.0526. The summed E-state index contributed by atoms with van der Waals surface area (Å²) in [7, 11) is 0. The number of halogens is 1. The standard InChI is InChI=1S/C19H15ClN2O/c20-18-6-4-15(5-7-18)16-2-1-3-17(12-16)19(23)22-13-14-8-10-21-11-9-14/h1-12H,13H2,(H,22,23).